The van der Waals surface area contributed by atoms with Crippen LogP contribution in [0.4, 0.5) is 10.7 Å². The Balaban J connectivity index is 1.92. The van der Waals surface area contributed by atoms with Crippen molar-refractivity contribution in [3.05, 3.63) is 34.2 Å². The molecule has 11 heteroatoms. The lowest BCUT2D eigenvalue weighted by molar-refractivity contribution is -0.114. The van der Waals surface area contributed by atoms with E-state index in [9.17, 15) is 18.0 Å². The van der Waals surface area contributed by atoms with Gasteiger partial charge in [0.1, 0.15) is 23.0 Å². The molecule has 1 N–H and O–H groups in total. The monoisotopic (exact) mass is 468 g/mol. The topological polar surface area (TPSA) is 111 Å². The van der Waals surface area contributed by atoms with Crippen LogP contribution in [-0.4, -0.2) is 54.4 Å². The summed E-state index contributed by atoms with van der Waals surface area (Å²) in [6.45, 7) is -0.508. The number of methoxy groups -OCH3 is 3. The Bertz CT molecular complexity index is 1110. The maximum absolute atomic E-state index is 12.9. The molecule has 0 radical (unpaired) electrons. The van der Waals surface area contributed by atoms with Crippen LogP contribution >= 0.6 is 11.3 Å². The number of carbonyl (C=O) groups is 2. The normalized spacial score (nSPS) is 12.8. The minimum absolute atomic E-state index is 0.168. The Hall–Kier alpha value is -2.79. The number of rotatable bonds is 8. The van der Waals surface area contributed by atoms with Gasteiger partial charge in [0.2, 0.25) is 15.9 Å². The van der Waals surface area contributed by atoms with Crippen molar-refractivity contribution in [3.63, 3.8) is 0 Å². The Morgan fingerprint density at radius 3 is 2.52 bits per heavy atom. The van der Waals surface area contributed by atoms with Crippen molar-refractivity contribution in [2.75, 3.05) is 43.8 Å². The van der Waals surface area contributed by atoms with Gasteiger partial charge in [-0.3, -0.25) is 9.10 Å². The maximum Gasteiger partial charge on any atom is 0.341 e. The molecule has 0 saturated carbocycles. The van der Waals surface area contributed by atoms with E-state index in [4.69, 9.17) is 14.2 Å². The molecule has 0 saturated heterocycles. The van der Waals surface area contributed by atoms with Crippen molar-refractivity contribution in [2.24, 2.45) is 0 Å². The van der Waals surface area contributed by atoms with Gasteiger partial charge in [0.25, 0.3) is 0 Å². The molecule has 0 fully saturated rings. The second-order valence-corrected chi connectivity index (χ2v) is 9.92. The standard InChI is InChI=1S/C20H24N2O7S2/c1-27-12-8-9-15(28-2)14(10-12)22(31(4,25)26)11-17(23)21-19-18(20(24)29-3)13-6-5-7-16(13)30-19/h8-10H,5-7,11H2,1-4H3,(H,21,23). The number of hydrogen-bond donors (Lipinski definition) is 1. The van der Waals surface area contributed by atoms with Crippen LogP contribution in [0, 0.1) is 0 Å². The number of nitrogens with zero attached hydrogens (tertiary/aromatic N) is 1. The van der Waals surface area contributed by atoms with Gasteiger partial charge in [0.15, 0.2) is 0 Å². The molecule has 0 spiro atoms. The van der Waals surface area contributed by atoms with Crippen LogP contribution in [0.2, 0.25) is 0 Å². The average Bonchev–Trinajstić information content (AvgIpc) is 3.31. The highest BCUT2D eigenvalue weighted by molar-refractivity contribution is 7.92. The summed E-state index contributed by atoms with van der Waals surface area (Å²) in [6.07, 6.45) is 3.51. The number of esters is 1. The third-order valence-corrected chi connectivity index (χ3v) is 7.24. The van der Waals surface area contributed by atoms with Gasteiger partial charge in [-0.1, -0.05) is 0 Å². The van der Waals surface area contributed by atoms with Crippen molar-refractivity contribution in [2.45, 2.75) is 19.3 Å². The Labute approximate surface area is 185 Å². The molecule has 168 valence electrons. The average molecular weight is 469 g/mol. The van der Waals surface area contributed by atoms with Crippen LogP contribution in [0.3, 0.4) is 0 Å². The molecule has 0 aliphatic heterocycles. The molecule has 0 bridgehead atoms. The van der Waals surface area contributed by atoms with E-state index in [0.29, 0.717) is 16.3 Å². The molecule has 0 atom stereocenters. The van der Waals surface area contributed by atoms with E-state index in [1.165, 1.54) is 38.7 Å². The van der Waals surface area contributed by atoms with E-state index in [-0.39, 0.29) is 11.4 Å². The third kappa shape index (κ3) is 4.77. The number of ether oxygens (including phenoxy) is 3. The molecule has 2 aromatic rings. The van der Waals surface area contributed by atoms with Gasteiger partial charge in [-0.2, -0.15) is 0 Å². The molecule has 1 heterocycles. The van der Waals surface area contributed by atoms with E-state index in [2.05, 4.69) is 5.32 Å². The summed E-state index contributed by atoms with van der Waals surface area (Å²) in [5.74, 6) is -0.443. The van der Waals surface area contributed by atoms with Gasteiger partial charge in [0.05, 0.1) is 38.8 Å². The highest BCUT2D eigenvalue weighted by atomic mass is 32.2. The molecule has 1 aliphatic carbocycles. The highest BCUT2D eigenvalue weighted by Crippen LogP contribution is 2.40. The van der Waals surface area contributed by atoms with E-state index < -0.39 is 28.4 Å². The number of hydrogen-bond acceptors (Lipinski definition) is 8. The summed E-state index contributed by atoms with van der Waals surface area (Å²) in [7, 11) is 0.300. The summed E-state index contributed by atoms with van der Waals surface area (Å²) in [5.41, 5.74) is 1.40. The second kappa shape index (κ2) is 9.15. The Morgan fingerprint density at radius 1 is 1.16 bits per heavy atom. The SMILES string of the molecule is COC(=O)c1c(NC(=O)CN(c2cc(OC)ccc2OC)S(C)(=O)=O)sc2c1CCC2. The zero-order valence-corrected chi connectivity index (χ0v) is 19.3. The van der Waals surface area contributed by atoms with Crippen molar-refractivity contribution in [1.29, 1.82) is 0 Å². The molecule has 31 heavy (non-hydrogen) atoms. The van der Waals surface area contributed by atoms with Crippen LogP contribution in [0.1, 0.15) is 27.2 Å². The Morgan fingerprint density at radius 2 is 1.90 bits per heavy atom. The highest BCUT2D eigenvalue weighted by Gasteiger charge is 2.30. The molecule has 1 amide bonds. The summed E-state index contributed by atoms with van der Waals surface area (Å²) < 4.78 is 41.3. The number of carbonyl (C=O) groups excluding carboxylic acids is 2. The zero-order chi connectivity index (χ0) is 22.8. The fourth-order valence-corrected chi connectivity index (χ4v) is 5.62. The number of fused-ring (bicyclic) bond motifs is 1. The largest absolute Gasteiger partial charge is 0.497 e. The molecule has 1 aromatic heterocycles. The third-order valence-electron chi connectivity index (χ3n) is 4.91. The summed E-state index contributed by atoms with van der Waals surface area (Å²) in [4.78, 5) is 26.2. The molecule has 3 rings (SSSR count). The molecule has 9 nitrogen and oxygen atoms in total. The number of anilines is 2. The van der Waals surface area contributed by atoms with Crippen LogP contribution in [0.25, 0.3) is 0 Å². The lowest BCUT2D eigenvalue weighted by atomic mass is 10.1. The van der Waals surface area contributed by atoms with Crippen LogP contribution < -0.4 is 19.1 Å². The maximum atomic E-state index is 12.9. The fraction of sp³-hybridized carbons (Fsp3) is 0.400. The lowest BCUT2D eigenvalue weighted by Gasteiger charge is -2.24. The van der Waals surface area contributed by atoms with Crippen molar-refractivity contribution >= 4 is 43.9 Å². The van der Waals surface area contributed by atoms with Crippen LogP contribution in [0.5, 0.6) is 11.5 Å². The first-order chi connectivity index (χ1) is 14.7. The fourth-order valence-electron chi connectivity index (χ4n) is 3.48. The number of thiophene rings is 1. The van der Waals surface area contributed by atoms with Gasteiger partial charge >= 0.3 is 5.97 Å². The predicted octanol–water partition coefficient (Wildman–Crippen LogP) is 2.45. The van der Waals surface area contributed by atoms with E-state index in [1.54, 1.807) is 12.1 Å². The first-order valence-electron chi connectivity index (χ1n) is 9.42. The van der Waals surface area contributed by atoms with Gasteiger partial charge < -0.3 is 19.5 Å². The first kappa shape index (κ1) is 22.9. The van der Waals surface area contributed by atoms with Gasteiger partial charge in [0, 0.05) is 10.9 Å². The van der Waals surface area contributed by atoms with Crippen LogP contribution in [-0.2, 0) is 32.4 Å². The number of aryl methyl sites for hydroxylation is 1. The number of benzene rings is 1. The molecular formula is C20H24N2O7S2. The quantitative estimate of drug-likeness (QED) is 0.592. The summed E-state index contributed by atoms with van der Waals surface area (Å²) >= 11 is 1.32. The smallest absolute Gasteiger partial charge is 0.341 e. The van der Waals surface area contributed by atoms with Gasteiger partial charge in [-0.25, -0.2) is 13.2 Å². The summed E-state index contributed by atoms with van der Waals surface area (Å²) in [6, 6.07) is 4.66. The van der Waals surface area contributed by atoms with E-state index in [0.717, 1.165) is 40.3 Å². The minimum atomic E-state index is -3.84. The predicted molar refractivity (Wildman–Crippen MR) is 118 cm³/mol. The molecule has 0 unspecified atom stereocenters. The molecular weight excluding hydrogens is 444 g/mol. The van der Waals surface area contributed by atoms with Crippen molar-refractivity contribution < 1.29 is 32.2 Å². The lowest BCUT2D eigenvalue weighted by Crippen LogP contribution is -2.37. The number of amides is 1. The second-order valence-electron chi connectivity index (χ2n) is 6.91. The first-order valence-corrected chi connectivity index (χ1v) is 12.1. The van der Waals surface area contributed by atoms with E-state index in [1.807, 2.05) is 0 Å². The van der Waals surface area contributed by atoms with Crippen LogP contribution in [0.15, 0.2) is 18.2 Å². The summed E-state index contributed by atoms with van der Waals surface area (Å²) in [5, 5.41) is 3.06. The minimum Gasteiger partial charge on any atom is -0.497 e. The molecule has 1 aromatic carbocycles. The zero-order valence-electron chi connectivity index (χ0n) is 17.7. The Kier molecular flexibility index (Phi) is 6.75. The van der Waals surface area contributed by atoms with E-state index >= 15 is 0 Å². The van der Waals surface area contributed by atoms with Crippen molar-refractivity contribution in [1.82, 2.24) is 0 Å². The van der Waals surface area contributed by atoms with Gasteiger partial charge in [-0.05, 0) is 37.0 Å². The molecule has 1 aliphatic rings. The number of nitrogens with one attached hydrogen (secondary N) is 1. The van der Waals surface area contributed by atoms with Crippen molar-refractivity contribution in [3.8, 4) is 11.5 Å². The number of sulfonamides is 1. The van der Waals surface area contributed by atoms with Gasteiger partial charge in [-0.15, -0.1) is 11.3 Å².